The van der Waals surface area contributed by atoms with E-state index in [0.29, 0.717) is 17.5 Å². The summed E-state index contributed by atoms with van der Waals surface area (Å²) in [5.74, 6) is 0.362. The Morgan fingerprint density at radius 2 is 1.81 bits per heavy atom. The van der Waals surface area contributed by atoms with Crippen LogP contribution in [0.1, 0.15) is 12.5 Å². The first kappa shape index (κ1) is 19.1. The second-order valence-corrected chi connectivity index (χ2v) is 7.62. The van der Waals surface area contributed by atoms with Crippen LogP contribution in [-0.4, -0.2) is 37.9 Å². The fourth-order valence-electron chi connectivity index (χ4n) is 2.72. The van der Waals surface area contributed by atoms with Crippen molar-refractivity contribution in [2.24, 2.45) is 7.05 Å². The summed E-state index contributed by atoms with van der Waals surface area (Å²) < 4.78 is 14.9. The number of hydrogen-bond acceptors (Lipinski definition) is 4. The molecule has 0 spiro atoms. The zero-order chi connectivity index (χ0) is 19.4. The maximum Gasteiger partial charge on any atom is 0.235 e. The van der Waals surface area contributed by atoms with Crippen LogP contribution >= 0.6 is 11.8 Å². The molecule has 0 aliphatic rings. The highest BCUT2D eigenvalue weighted by molar-refractivity contribution is 8.00. The van der Waals surface area contributed by atoms with Crippen LogP contribution < -0.4 is 0 Å². The monoisotopic (exact) mass is 384 g/mol. The molecule has 0 aliphatic heterocycles. The summed E-state index contributed by atoms with van der Waals surface area (Å²) in [7, 11) is 3.64. The first-order valence-electron chi connectivity index (χ1n) is 8.56. The van der Waals surface area contributed by atoms with Gasteiger partial charge in [-0.3, -0.25) is 4.79 Å². The number of carbonyl (C=O) groups is 1. The molecule has 5 nitrogen and oxygen atoms in total. The van der Waals surface area contributed by atoms with Crippen molar-refractivity contribution in [1.82, 2.24) is 19.7 Å². The van der Waals surface area contributed by atoms with E-state index in [1.54, 1.807) is 24.1 Å². The van der Waals surface area contributed by atoms with Crippen LogP contribution in [0.2, 0.25) is 0 Å². The summed E-state index contributed by atoms with van der Waals surface area (Å²) in [6.45, 7) is 2.42. The van der Waals surface area contributed by atoms with Crippen LogP contribution in [0.3, 0.4) is 0 Å². The molecule has 3 rings (SSSR count). The SMILES string of the molecule is C[C@@H](Sc1nnc(-c2ccc(F)cc2)n1C)C(=O)N(C)Cc1ccccc1. The molecule has 0 saturated carbocycles. The van der Waals surface area contributed by atoms with E-state index in [-0.39, 0.29) is 17.0 Å². The van der Waals surface area contributed by atoms with Crippen LogP contribution in [0.25, 0.3) is 11.4 Å². The third-order valence-electron chi connectivity index (χ3n) is 4.21. The highest BCUT2D eigenvalue weighted by Crippen LogP contribution is 2.26. The van der Waals surface area contributed by atoms with Gasteiger partial charge in [-0.25, -0.2) is 4.39 Å². The largest absolute Gasteiger partial charge is 0.340 e. The van der Waals surface area contributed by atoms with Crippen molar-refractivity contribution < 1.29 is 9.18 Å². The molecule has 0 aliphatic carbocycles. The molecule has 0 unspecified atom stereocenters. The van der Waals surface area contributed by atoms with Crippen molar-refractivity contribution in [2.45, 2.75) is 23.9 Å². The van der Waals surface area contributed by atoms with Crippen molar-refractivity contribution in [3.05, 3.63) is 66.0 Å². The van der Waals surface area contributed by atoms with Crippen molar-refractivity contribution in [3.8, 4) is 11.4 Å². The first-order chi connectivity index (χ1) is 13.0. The number of rotatable bonds is 6. The van der Waals surface area contributed by atoms with E-state index in [0.717, 1.165) is 11.1 Å². The van der Waals surface area contributed by atoms with Gasteiger partial charge in [-0.15, -0.1) is 10.2 Å². The van der Waals surface area contributed by atoms with Crippen LogP contribution in [0, 0.1) is 5.82 Å². The van der Waals surface area contributed by atoms with Crippen LogP contribution in [-0.2, 0) is 18.4 Å². The molecular weight excluding hydrogens is 363 g/mol. The topological polar surface area (TPSA) is 51.0 Å². The number of hydrogen-bond donors (Lipinski definition) is 0. The van der Waals surface area contributed by atoms with Gasteiger partial charge in [0.15, 0.2) is 11.0 Å². The average molecular weight is 384 g/mol. The molecule has 0 radical (unpaired) electrons. The van der Waals surface area contributed by atoms with Gasteiger partial charge in [0.25, 0.3) is 0 Å². The fourth-order valence-corrected chi connectivity index (χ4v) is 3.65. The van der Waals surface area contributed by atoms with E-state index in [1.165, 1.54) is 23.9 Å². The Balaban J connectivity index is 1.67. The lowest BCUT2D eigenvalue weighted by Gasteiger charge is -2.21. The van der Waals surface area contributed by atoms with E-state index >= 15 is 0 Å². The van der Waals surface area contributed by atoms with Gasteiger partial charge in [0.2, 0.25) is 5.91 Å². The van der Waals surface area contributed by atoms with E-state index < -0.39 is 0 Å². The molecular formula is C20H21FN4OS. The van der Waals surface area contributed by atoms with E-state index in [9.17, 15) is 9.18 Å². The van der Waals surface area contributed by atoms with Crippen LogP contribution in [0.5, 0.6) is 0 Å². The normalized spacial score (nSPS) is 12.0. The van der Waals surface area contributed by atoms with Crippen molar-refractivity contribution in [1.29, 1.82) is 0 Å². The molecule has 1 aromatic heterocycles. The minimum Gasteiger partial charge on any atom is -0.340 e. The molecule has 0 fully saturated rings. The second kappa shape index (κ2) is 8.35. The summed E-state index contributed by atoms with van der Waals surface area (Å²) in [4.78, 5) is 14.4. The van der Waals surface area contributed by atoms with Gasteiger partial charge in [0.05, 0.1) is 5.25 Å². The Bertz CT molecular complexity index is 911. The number of carbonyl (C=O) groups excluding carboxylic acids is 1. The molecule has 1 amide bonds. The predicted octanol–water partition coefficient (Wildman–Crippen LogP) is 3.76. The lowest BCUT2D eigenvalue weighted by Crippen LogP contribution is -2.32. The van der Waals surface area contributed by atoms with Gasteiger partial charge >= 0.3 is 0 Å². The van der Waals surface area contributed by atoms with E-state index in [1.807, 2.05) is 48.9 Å². The molecule has 0 saturated heterocycles. The second-order valence-electron chi connectivity index (χ2n) is 6.31. The number of amides is 1. The summed E-state index contributed by atoms with van der Waals surface area (Å²) in [5.41, 5.74) is 1.86. The predicted molar refractivity (Wildman–Crippen MR) is 105 cm³/mol. The van der Waals surface area contributed by atoms with Gasteiger partial charge in [0.1, 0.15) is 5.82 Å². The maximum absolute atomic E-state index is 13.1. The van der Waals surface area contributed by atoms with Gasteiger partial charge in [-0.2, -0.15) is 0 Å². The Morgan fingerprint density at radius 1 is 1.15 bits per heavy atom. The Morgan fingerprint density at radius 3 is 2.48 bits per heavy atom. The van der Waals surface area contributed by atoms with Crippen molar-refractivity contribution in [3.63, 3.8) is 0 Å². The Kier molecular flexibility index (Phi) is 5.91. The molecule has 7 heteroatoms. The first-order valence-corrected chi connectivity index (χ1v) is 9.44. The lowest BCUT2D eigenvalue weighted by atomic mass is 10.2. The summed E-state index contributed by atoms with van der Waals surface area (Å²) in [6, 6.07) is 16.0. The molecule has 2 aromatic carbocycles. The number of halogens is 1. The minimum absolute atomic E-state index is 0.0233. The highest BCUT2D eigenvalue weighted by Gasteiger charge is 2.22. The summed E-state index contributed by atoms with van der Waals surface area (Å²) >= 11 is 1.36. The number of nitrogens with zero attached hydrogens (tertiary/aromatic N) is 4. The van der Waals surface area contributed by atoms with Gasteiger partial charge < -0.3 is 9.47 Å². The van der Waals surface area contributed by atoms with E-state index in [4.69, 9.17) is 0 Å². The number of aromatic nitrogens is 3. The zero-order valence-corrected chi connectivity index (χ0v) is 16.3. The quantitative estimate of drug-likeness (QED) is 0.607. The molecule has 3 aromatic rings. The third kappa shape index (κ3) is 4.54. The summed E-state index contributed by atoms with van der Waals surface area (Å²) in [5, 5.41) is 8.72. The molecule has 0 N–H and O–H groups in total. The Labute approximate surface area is 162 Å². The summed E-state index contributed by atoms with van der Waals surface area (Å²) in [6.07, 6.45) is 0. The molecule has 0 bridgehead atoms. The molecule has 1 atom stereocenters. The Hall–Kier alpha value is -2.67. The number of benzene rings is 2. The van der Waals surface area contributed by atoms with Crippen LogP contribution in [0.4, 0.5) is 4.39 Å². The standard InChI is InChI=1S/C20H21FN4OS/c1-14(19(26)24(2)13-15-7-5-4-6-8-15)27-20-23-22-18(25(20)3)16-9-11-17(21)12-10-16/h4-12,14H,13H2,1-3H3/t14-/m1/s1. The average Bonchev–Trinajstić information content (AvgIpc) is 3.03. The van der Waals surface area contributed by atoms with Crippen LogP contribution in [0.15, 0.2) is 59.8 Å². The van der Waals surface area contributed by atoms with Gasteiger partial charge in [-0.1, -0.05) is 42.1 Å². The fraction of sp³-hybridized carbons (Fsp3) is 0.250. The molecule has 140 valence electrons. The molecule has 1 heterocycles. The third-order valence-corrected chi connectivity index (χ3v) is 5.33. The lowest BCUT2D eigenvalue weighted by molar-refractivity contribution is -0.129. The van der Waals surface area contributed by atoms with Crippen molar-refractivity contribution >= 4 is 17.7 Å². The molecule has 27 heavy (non-hydrogen) atoms. The smallest absolute Gasteiger partial charge is 0.235 e. The maximum atomic E-state index is 13.1. The van der Waals surface area contributed by atoms with Crippen molar-refractivity contribution in [2.75, 3.05) is 7.05 Å². The van der Waals surface area contributed by atoms with E-state index in [2.05, 4.69) is 10.2 Å². The van der Waals surface area contributed by atoms with Gasteiger partial charge in [-0.05, 0) is 36.8 Å². The van der Waals surface area contributed by atoms with Gasteiger partial charge in [0, 0.05) is 26.2 Å². The number of thioether (sulfide) groups is 1. The zero-order valence-electron chi connectivity index (χ0n) is 15.5. The highest BCUT2D eigenvalue weighted by atomic mass is 32.2. The minimum atomic E-state index is -0.303.